The molecule has 0 saturated carbocycles. The van der Waals surface area contributed by atoms with Crippen LogP contribution in [-0.2, 0) is 4.79 Å². The van der Waals surface area contributed by atoms with Gasteiger partial charge in [-0.15, -0.1) is 0 Å². The molecule has 3 nitrogen and oxygen atoms in total. The second kappa shape index (κ2) is 4.93. The van der Waals surface area contributed by atoms with Gasteiger partial charge in [-0.05, 0) is 28.1 Å². The van der Waals surface area contributed by atoms with Crippen molar-refractivity contribution in [3.63, 3.8) is 0 Å². The van der Waals surface area contributed by atoms with Crippen LogP contribution in [0.15, 0.2) is 33.3 Å². The van der Waals surface area contributed by atoms with Gasteiger partial charge in [-0.2, -0.15) is 0 Å². The molecule has 0 amide bonds. The third kappa shape index (κ3) is 2.10. The molecule has 0 spiro atoms. The third-order valence-corrected chi connectivity index (χ3v) is 3.29. The van der Waals surface area contributed by atoms with Crippen molar-refractivity contribution < 1.29 is 9.53 Å². The predicted molar refractivity (Wildman–Crippen MR) is 68.7 cm³/mol. The van der Waals surface area contributed by atoms with E-state index in [1.54, 1.807) is 6.20 Å². The van der Waals surface area contributed by atoms with Crippen LogP contribution in [0, 0.1) is 0 Å². The van der Waals surface area contributed by atoms with E-state index in [4.69, 9.17) is 4.74 Å². The lowest BCUT2D eigenvalue weighted by atomic mass is 10.2. The third-order valence-electron chi connectivity index (χ3n) is 2.05. The van der Waals surface area contributed by atoms with Gasteiger partial charge in [-0.3, -0.25) is 9.78 Å². The molecule has 0 radical (unpaired) electrons. The molecule has 0 atom stereocenters. The van der Waals surface area contributed by atoms with Gasteiger partial charge in [0.1, 0.15) is 12.1 Å². The number of halogens is 2. The fraction of sp³-hybridized carbons (Fsp3) is 0.0909. The van der Waals surface area contributed by atoms with Crippen molar-refractivity contribution >= 4 is 49.0 Å². The summed E-state index contributed by atoms with van der Waals surface area (Å²) in [6, 6.07) is 5.67. The van der Waals surface area contributed by atoms with Crippen LogP contribution in [0.3, 0.4) is 0 Å². The van der Waals surface area contributed by atoms with Crippen LogP contribution in [0.2, 0.25) is 0 Å². The van der Waals surface area contributed by atoms with Gasteiger partial charge >= 0.3 is 0 Å². The summed E-state index contributed by atoms with van der Waals surface area (Å²) < 4.78 is 7.06. The van der Waals surface area contributed by atoms with Crippen molar-refractivity contribution in [1.29, 1.82) is 0 Å². The summed E-state index contributed by atoms with van der Waals surface area (Å²) in [7, 11) is 0. The molecule has 0 N–H and O–H groups in total. The predicted octanol–water partition coefficient (Wildman–Crippen LogP) is 3.34. The number of rotatable bonds is 3. The van der Waals surface area contributed by atoms with Gasteiger partial charge in [-0.25, -0.2) is 0 Å². The Kier molecular flexibility index (Phi) is 3.56. The minimum atomic E-state index is 0.0197. The summed E-state index contributed by atoms with van der Waals surface area (Å²) in [5, 5.41) is 0.951. The Hall–Kier alpha value is -0.940. The maximum atomic E-state index is 10.3. The molecule has 0 unspecified atom stereocenters. The Bertz CT molecular complexity index is 543. The monoisotopic (exact) mass is 343 g/mol. The van der Waals surface area contributed by atoms with E-state index in [2.05, 4.69) is 36.8 Å². The summed E-state index contributed by atoms with van der Waals surface area (Å²) in [5.41, 5.74) is 0.727. The first kappa shape index (κ1) is 11.5. The van der Waals surface area contributed by atoms with E-state index in [0.717, 1.165) is 19.8 Å². The van der Waals surface area contributed by atoms with Crippen LogP contribution in [-0.4, -0.2) is 17.9 Å². The molecule has 0 bridgehead atoms. The summed E-state index contributed by atoms with van der Waals surface area (Å²) in [6.45, 7) is 0.0197. The molecule has 0 aliphatic heterocycles. The summed E-state index contributed by atoms with van der Waals surface area (Å²) in [4.78, 5) is 14.6. The van der Waals surface area contributed by atoms with E-state index >= 15 is 0 Å². The van der Waals surface area contributed by atoms with Crippen molar-refractivity contribution in [2.75, 3.05) is 6.61 Å². The number of hydrogen-bond acceptors (Lipinski definition) is 3. The minimum absolute atomic E-state index is 0.0197. The van der Waals surface area contributed by atoms with Gasteiger partial charge in [0.25, 0.3) is 0 Å². The second-order valence-electron chi connectivity index (χ2n) is 3.05. The Balaban J connectivity index is 2.66. The van der Waals surface area contributed by atoms with E-state index in [1.807, 2.05) is 18.2 Å². The maximum absolute atomic E-state index is 10.3. The molecule has 16 heavy (non-hydrogen) atoms. The molecule has 0 aliphatic carbocycles. The van der Waals surface area contributed by atoms with Crippen molar-refractivity contribution in [1.82, 2.24) is 4.98 Å². The number of benzene rings is 1. The minimum Gasteiger partial charge on any atom is -0.483 e. The SMILES string of the molecule is O=CCOc1c(Br)cc(Br)c2cccnc12. The lowest BCUT2D eigenvalue weighted by Gasteiger charge is -2.09. The van der Waals surface area contributed by atoms with E-state index < -0.39 is 0 Å². The van der Waals surface area contributed by atoms with Crippen molar-refractivity contribution in [3.05, 3.63) is 33.3 Å². The molecule has 0 fully saturated rings. The van der Waals surface area contributed by atoms with Gasteiger partial charge < -0.3 is 4.74 Å². The lowest BCUT2D eigenvalue weighted by Crippen LogP contribution is -2.00. The van der Waals surface area contributed by atoms with Gasteiger partial charge in [0, 0.05) is 16.1 Å². The highest BCUT2D eigenvalue weighted by molar-refractivity contribution is 9.11. The quantitative estimate of drug-likeness (QED) is 0.801. The van der Waals surface area contributed by atoms with Crippen molar-refractivity contribution in [2.24, 2.45) is 0 Å². The second-order valence-corrected chi connectivity index (χ2v) is 4.76. The van der Waals surface area contributed by atoms with Gasteiger partial charge in [0.05, 0.1) is 4.47 Å². The fourth-order valence-corrected chi connectivity index (χ4v) is 2.79. The molecule has 0 aliphatic rings. The van der Waals surface area contributed by atoms with Crippen LogP contribution in [0.1, 0.15) is 0 Å². The highest BCUT2D eigenvalue weighted by Gasteiger charge is 2.11. The zero-order valence-electron chi connectivity index (χ0n) is 8.11. The zero-order valence-corrected chi connectivity index (χ0v) is 11.3. The van der Waals surface area contributed by atoms with E-state index in [9.17, 15) is 4.79 Å². The largest absolute Gasteiger partial charge is 0.483 e. The highest BCUT2D eigenvalue weighted by Crippen LogP contribution is 2.37. The molecule has 0 saturated heterocycles. The Labute approximate surface area is 109 Å². The van der Waals surface area contributed by atoms with Crippen LogP contribution >= 0.6 is 31.9 Å². The average Bonchev–Trinajstić information content (AvgIpc) is 2.29. The molecule has 1 aromatic carbocycles. The van der Waals surface area contributed by atoms with Crippen molar-refractivity contribution in [2.45, 2.75) is 0 Å². The molecule has 1 aromatic heterocycles. The molecular formula is C11H7Br2NO2. The molecule has 2 aromatic rings. The number of fused-ring (bicyclic) bond motifs is 1. The van der Waals surface area contributed by atoms with Crippen LogP contribution in [0.5, 0.6) is 5.75 Å². The van der Waals surface area contributed by atoms with Crippen LogP contribution < -0.4 is 4.74 Å². The average molecular weight is 345 g/mol. The van der Waals surface area contributed by atoms with Gasteiger partial charge in [0.15, 0.2) is 12.0 Å². The standard InChI is InChI=1S/C11H7Br2NO2/c12-8-6-9(13)11(16-5-4-15)10-7(8)2-1-3-14-10/h1-4,6H,5H2. The number of hydrogen-bond donors (Lipinski definition) is 0. The number of aldehydes is 1. The zero-order chi connectivity index (χ0) is 11.5. The lowest BCUT2D eigenvalue weighted by molar-refractivity contribution is -0.109. The van der Waals surface area contributed by atoms with E-state index in [0.29, 0.717) is 12.0 Å². The number of ether oxygens (including phenoxy) is 1. The number of aromatic nitrogens is 1. The number of carbonyl (C=O) groups is 1. The molecule has 2 rings (SSSR count). The van der Waals surface area contributed by atoms with E-state index in [-0.39, 0.29) is 6.61 Å². The summed E-state index contributed by atoms with van der Waals surface area (Å²) in [5.74, 6) is 0.589. The molecule has 82 valence electrons. The molecular weight excluding hydrogens is 338 g/mol. The molecule has 1 heterocycles. The smallest absolute Gasteiger partial charge is 0.160 e. The first-order valence-corrected chi connectivity index (χ1v) is 6.12. The molecule has 5 heteroatoms. The van der Waals surface area contributed by atoms with E-state index in [1.165, 1.54) is 0 Å². The Morgan fingerprint density at radius 3 is 2.94 bits per heavy atom. The normalized spacial score (nSPS) is 10.4. The van der Waals surface area contributed by atoms with Crippen LogP contribution in [0.4, 0.5) is 0 Å². The Morgan fingerprint density at radius 2 is 2.19 bits per heavy atom. The maximum Gasteiger partial charge on any atom is 0.160 e. The number of carbonyl (C=O) groups excluding carboxylic acids is 1. The van der Waals surface area contributed by atoms with Gasteiger partial charge in [-0.1, -0.05) is 22.0 Å². The first-order valence-electron chi connectivity index (χ1n) is 4.53. The highest BCUT2D eigenvalue weighted by atomic mass is 79.9. The van der Waals surface area contributed by atoms with Crippen LogP contribution in [0.25, 0.3) is 10.9 Å². The fourth-order valence-electron chi connectivity index (χ4n) is 1.40. The number of nitrogens with zero attached hydrogens (tertiary/aromatic N) is 1. The first-order chi connectivity index (χ1) is 7.74. The number of pyridine rings is 1. The topological polar surface area (TPSA) is 39.2 Å². The summed E-state index contributed by atoms with van der Waals surface area (Å²) >= 11 is 6.84. The Morgan fingerprint density at radius 1 is 1.38 bits per heavy atom. The van der Waals surface area contributed by atoms with Gasteiger partial charge in [0.2, 0.25) is 0 Å². The summed E-state index contributed by atoms with van der Waals surface area (Å²) in [6.07, 6.45) is 2.40. The van der Waals surface area contributed by atoms with Crippen molar-refractivity contribution in [3.8, 4) is 5.75 Å².